The number of carboxylic acids is 1. The van der Waals surface area contributed by atoms with E-state index in [0.29, 0.717) is 19.4 Å². The predicted octanol–water partition coefficient (Wildman–Crippen LogP) is 4.49. The SMILES string of the molecule is Cc1cccc(OC[C@@H]2[C@@H](C/C=C\CCCC(=O)O)[C@H](Cl)C[C@H]2O)c1C. The van der Waals surface area contributed by atoms with Crippen molar-refractivity contribution in [3.05, 3.63) is 41.5 Å². The molecule has 0 aliphatic heterocycles. The fourth-order valence-corrected chi connectivity index (χ4v) is 3.97. The van der Waals surface area contributed by atoms with E-state index in [-0.39, 0.29) is 23.6 Å². The largest absolute Gasteiger partial charge is 0.493 e. The molecule has 0 saturated heterocycles. The molecule has 2 rings (SSSR count). The third-order valence-electron chi connectivity index (χ3n) is 5.30. The Labute approximate surface area is 160 Å². The van der Waals surface area contributed by atoms with Crippen LogP contribution in [0.1, 0.15) is 43.2 Å². The highest BCUT2D eigenvalue weighted by atomic mass is 35.5. The summed E-state index contributed by atoms with van der Waals surface area (Å²) < 4.78 is 6.01. The molecule has 0 heterocycles. The maximum Gasteiger partial charge on any atom is 0.303 e. The van der Waals surface area contributed by atoms with Gasteiger partial charge in [-0.15, -0.1) is 11.6 Å². The zero-order chi connectivity index (χ0) is 19.1. The van der Waals surface area contributed by atoms with Crippen molar-refractivity contribution in [1.29, 1.82) is 0 Å². The summed E-state index contributed by atoms with van der Waals surface area (Å²) in [6.07, 6.45) is 6.56. The maximum absolute atomic E-state index is 10.5. The fourth-order valence-electron chi connectivity index (χ4n) is 3.50. The lowest BCUT2D eigenvalue weighted by Gasteiger charge is -2.23. The highest BCUT2D eigenvalue weighted by Crippen LogP contribution is 2.39. The molecule has 0 radical (unpaired) electrons. The molecule has 1 fully saturated rings. The van der Waals surface area contributed by atoms with Crippen molar-refractivity contribution < 1.29 is 19.7 Å². The number of rotatable bonds is 9. The molecule has 0 aromatic heterocycles. The van der Waals surface area contributed by atoms with Crippen LogP contribution in [-0.2, 0) is 4.79 Å². The quantitative estimate of drug-likeness (QED) is 0.376. The smallest absolute Gasteiger partial charge is 0.303 e. The van der Waals surface area contributed by atoms with E-state index in [1.54, 1.807) is 0 Å². The summed E-state index contributed by atoms with van der Waals surface area (Å²) in [5.74, 6) is 0.258. The van der Waals surface area contributed by atoms with Crippen LogP contribution in [0.4, 0.5) is 0 Å². The maximum atomic E-state index is 10.5. The zero-order valence-corrected chi connectivity index (χ0v) is 16.3. The Hall–Kier alpha value is -1.52. The lowest BCUT2D eigenvalue weighted by atomic mass is 9.92. The van der Waals surface area contributed by atoms with Gasteiger partial charge < -0.3 is 14.9 Å². The predicted molar refractivity (Wildman–Crippen MR) is 104 cm³/mol. The number of halogens is 1. The summed E-state index contributed by atoms with van der Waals surface area (Å²) in [5, 5.41) is 19.0. The Morgan fingerprint density at radius 2 is 2.08 bits per heavy atom. The summed E-state index contributed by atoms with van der Waals surface area (Å²) in [4.78, 5) is 10.5. The van der Waals surface area contributed by atoms with Gasteiger partial charge in [-0.05, 0) is 62.6 Å². The number of benzene rings is 1. The normalized spacial score (nSPS) is 25.7. The van der Waals surface area contributed by atoms with Gasteiger partial charge in [-0.25, -0.2) is 0 Å². The average molecular weight is 381 g/mol. The molecule has 1 aromatic carbocycles. The van der Waals surface area contributed by atoms with Gasteiger partial charge in [0.1, 0.15) is 5.75 Å². The van der Waals surface area contributed by atoms with Gasteiger partial charge in [-0.3, -0.25) is 4.79 Å². The van der Waals surface area contributed by atoms with Crippen molar-refractivity contribution in [3.8, 4) is 5.75 Å². The van der Waals surface area contributed by atoms with Gasteiger partial charge in [0.25, 0.3) is 0 Å². The van der Waals surface area contributed by atoms with Crippen LogP contribution in [0.5, 0.6) is 5.75 Å². The Kier molecular flexibility index (Phi) is 7.98. The number of aryl methyl sites for hydroxylation is 1. The molecule has 0 unspecified atom stereocenters. The number of carbonyl (C=O) groups is 1. The van der Waals surface area contributed by atoms with Crippen LogP contribution in [-0.4, -0.2) is 34.3 Å². The second kappa shape index (κ2) is 9.98. The van der Waals surface area contributed by atoms with Gasteiger partial charge >= 0.3 is 5.97 Å². The van der Waals surface area contributed by atoms with E-state index in [2.05, 4.69) is 19.1 Å². The molecule has 4 nitrogen and oxygen atoms in total. The Balaban J connectivity index is 1.89. The summed E-state index contributed by atoms with van der Waals surface area (Å²) in [5.41, 5.74) is 2.31. The first-order chi connectivity index (χ1) is 12.4. The molecular weight excluding hydrogens is 352 g/mol. The Bertz CT molecular complexity index is 628. The number of carboxylic acid groups (broad SMARTS) is 1. The van der Waals surface area contributed by atoms with E-state index < -0.39 is 12.1 Å². The summed E-state index contributed by atoms with van der Waals surface area (Å²) in [6.45, 7) is 4.54. The van der Waals surface area contributed by atoms with Crippen LogP contribution in [0.2, 0.25) is 0 Å². The number of hydrogen-bond acceptors (Lipinski definition) is 3. The first-order valence-corrected chi connectivity index (χ1v) is 9.71. The minimum absolute atomic E-state index is 0.00100. The highest BCUT2D eigenvalue weighted by Gasteiger charge is 2.41. The number of ether oxygens (including phenoxy) is 1. The molecule has 2 N–H and O–H groups in total. The number of alkyl halides is 1. The Morgan fingerprint density at radius 1 is 1.31 bits per heavy atom. The van der Waals surface area contributed by atoms with Crippen molar-refractivity contribution >= 4 is 17.6 Å². The molecule has 1 aliphatic carbocycles. The molecule has 1 aliphatic rings. The van der Waals surface area contributed by atoms with Crippen LogP contribution in [0.3, 0.4) is 0 Å². The molecule has 4 atom stereocenters. The Morgan fingerprint density at radius 3 is 2.81 bits per heavy atom. The molecule has 0 bridgehead atoms. The van der Waals surface area contributed by atoms with Crippen molar-refractivity contribution in [2.45, 2.75) is 57.4 Å². The van der Waals surface area contributed by atoms with Crippen molar-refractivity contribution in [2.24, 2.45) is 11.8 Å². The van der Waals surface area contributed by atoms with Gasteiger partial charge in [0.2, 0.25) is 0 Å². The second-order valence-corrected chi connectivity index (χ2v) is 7.71. The molecule has 1 aromatic rings. The molecule has 26 heavy (non-hydrogen) atoms. The van der Waals surface area contributed by atoms with E-state index in [1.165, 1.54) is 5.56 Å². The van der Waals surface area contributed by atoms with Crippen molar-refractivity contribution in [3.63, 3.8) is 0 Å². The third kappa shape index (κ3) is 5.75. The van der Waals surface area contributed by atoms with E-state index >= 15 is 0 Å². The topological polar surface area (TPSA) is 66.8 Å². The molecule has 144 valence electrons. The molecule has 0 amide bonds. The lowest BCUT2D eigenvalue weighted by molar-refractivity contribution is -0.137. The van der Waals surface area contributed by atoms with Gasteiger partial charge in [0, 0.05) is 17.7 Å². The summed E-state index contributed by atoms with van der Waals surface area (Å²) in [6, 6.07) is 5.99. The van der Waals surface area contributed by atoms with Crippen LogP contribution >= 0.6 is 11.6 Å². The van der Waals surface area contributed by atoms with Gasteiger partial charge in [0.05, 0.1) is 12.7 Å². The summed E-state index contributed by atoms with van der Waals surface area (Å²) >= 11 is 6.46. The number of hydrogen-bond donors (Lipinski definition) is 2. The van der Waals surface area contributed by atoms with E-state index in [4.69, 9.17) is 21.4 Å². The molecule has 1 saturated carbocycles. The first kappa shape index (κ1) is 20.8. The minimum atomic E-state index is -0.762. The monoisotopic (exact) mass is 380 g/mol. The van der Waals surface area contributed by atoms with Crippen LogP contribution < -0.4 is 4.74 Å². The second-order valence-electron chi connectivity index (χ2n) is 7.15. The van der Waals surface area contributed by atoms with Gasteiger partial charge in [-0.2, -0.15) is 0 Å². The molecule has 5 heteroatoms. The molecular formula is C21H29ClO4. The number of aliphatic carboxylic acids is 1. The fraction of sp³-hybridized carbons (Fsp3) is 0.571. The number of allylic oxidation sites excluding steroid dienone is 2. The highest BCUT2D eigenvalue weighted by molar-refractivity contribution is 6.21. The number of aliphatic hydroxyl groups is 1. The first-order valence-electron chi connectivity index (χ1n) is 9.28. The zero-order valence-electron chi connectivity index (χ0n) is 15.5. The van der Waals surface area contributed by atoms with Crippen LogP contribution in [0.15, 0.2) is 30.4 Å². The number of unbranched alkanes of at least 4 members (excludes halogenated alkanes) is 1. The van der Waals surface area contributed by atoms with E-state index in [1.807, 2.05) is 25.1 Å². The molecule has 0 spiro atoms. The van der Waals surface area contributed by atoms with E-state index in [9.17, 15) is 9.90 Å². The summed E-state index contributed by atoms with van der Waals surface area (Å²) in [7, 11) is 0. The third-order valence-corrected chi connectivity index (χ3v) is 5.80. The number of aliphatic hydroxyl groups excluding tert-OH is 1. The van der Waals surface area contributed by atoms with Crippen LogP contribution in [0.25, 0.3) is 0 Å². The van der Waals surface area contributed by atoms with Gasteiger partial charge in [-0.1, -0.05) is 24.3 Å². The standard InChI is InChI=1S/C21H29ClO4/c1-14-8-7-10-20(15(14)2)26-13-17-16(18(22)12-19(17)23)9-5-3-4-6-11-21(24)25/h3,5,7-8,10,16-19,23H,4,6,9,11-13H2,1-2H3,(H,24,25)/b5-3-/t16-,17-,18-,19-/m1/s1. The van der Waals surface area contributed by atoms with Crippen LogP contribution in [0, 0.1) is 25.7 Å². The minimum Gasteiger partial charge on any atom is -0.493 e. The van der Waals surface area contributed by atoms with Crippen molar-refractivity contribution in [2.75, 3.05) is 6.61 Å². The average Bonchev–Trinajstić information content (AvgIpc) is 2.85. The van der Waals surface area contributed by atoms with E-state index in [0.717, 1.165) is 24.2 Å². The van der Waals surface area contributed by atoms with Crippen molar-refractivity contribution in [1.82, 2.24) is 0 Å². The lowest BCUT2D eigenvalue weighted by Crippen LogP contribution is -2.27. The van der Waals surface area contributed by atoms with Gasteiger partial charge in [0.15, 0.2) is 0 Å².